The highest BCUT2D eigenvalue weighted by Crippen LogP contribution is 2.34. The van der Waals surface area contributed by atoms with Gasteiger partial charge in [-0.05, 0) is 73.0 Å². The van der Waals surface area contributed by atoms with E-state index in [-0.39, 0.29) is 23.8 Å². The second-order valence-electron chi connectivity index (χ2n) is 7.64. The predicted molar refractivity (Wildman–Crippen MR) is 136 cm³/mol. The van der Waals surface area contributed by atoms with Crippen molar-refractivity contribution in [1.82, 2.24) is 5.32 Å². The number of hydrogen-bond acceptors (Lipinski definition) is 5. The zero-order chi connectivity index (χ0) is 24.1. The van der Waals surface area contributed by atoms with Gasteiger partial charge in [0, 0.05) is 10.7 Å². The van der Waals surface area contributed by atoms with Crippen LogP contribution in [0.2, 0.25) is 5.02 Å². The maximum absolute atomic E-state index is 13.1. The van der Waals surface area contributed by atoms with Crippen molar-refractivity contribution in [3.05, 3.63) is 93.1 Å². The van der Waals surface area contributed by atoms with Gasteiger partial charge >= 0.3 is 0 Å². The summed E-state index contributed by atoms with van der Waals surface area (Å²) in [5.41, 5.74) is 3.26. The average molecular weight is 499 g/mol. The molecule has 0 aromatic heterocycles. The van der Waals surface area contributed by atoms with Crippen LogP contribution in [0.1, 0.15) is 23.6 Å². The third-order valence-corrected chi connectivity index (χ3v) is 6.35. The van der Waals surface area contributed by atoms with Gasteiger partial charge in [0.25, 0.3) is 5.91 Å². The molecule has 3 aromatic rings. The van der Waals surface area contributed by atoms with Gasteiger partial charge in [0.2, 0.25) is 0 Å². The number of hydrogen-bond donors (Lipinski definition) is 2. The Labute approximate surface area is 207 Å². The Bertz CT molecular complexity index is 1220. The lowest BCUT2D eigenvalue weighted by Gasteiger charge is -2.15. The van der Waals surface area contributed by atoms with E-state index in [1.807, 2.05) is 56.3 Å². The van der Waals surface area contributed by atoms with Crippen molar-refractivity contribution in [3.8, 4) is 11.5 Å². The maximum atomic E-state index is 13.1. The topological polar surface area (TPSA) is 59.6 Å². The molecule has 4 rings (SSSR count). The van der Waals surface area contributed by atoms with Crippen molar-refractivity contribution in [2.24, 2.45) is 0 Å². The van der Waals surface area contributed by atoms with Crippen LogP contribution < -0.4 is 20.1 Å². The van der Waals surface area contributed by atoms with Gasteiger partial charge in [-0.3, -0.25) is 4.79 Å². The SMILES string of the molecule is CCOc1cc(/C=C2\SC(Nc3cc(Cl)ccc3C)NC2=O)ccc1OCc1ccc(F)cc1. The smallest absolute Gasteiger partial charge is 0.260 e. The molecule has 34 heavy (non-hydrogen) atoms. The molecular formula is C26H24ClFN2O3S. The van der Waals surface area contributed by atoms with Crippen molar-refractivity contribution in [2.45, 2.75) is 26.0 Å². The van der Waals surface area contributed by atoms with Crippen LogP contribution in [0.5, 0.6) is 11.5 Å². The summed E-state index contributed by atoms with van der Waals surface area (Å²) < 4.78 is 24.8. The monoisotopic (exact) mass is 498 g/mol. The van der Waals surface area contributed by atoms with Crippen LogP contribution in [-0.2, 0) is 11.4 Å². The summed E-state index contributed by atoms with van der Waals surface area (Å²) in [5.74, 6) is 0.710. The van der Waals surface area contributed by atoms with E-state index in [0.29, 0.717) is 28.0 Å². The standard InChI is InChI=1S/C26H24ClFN2O3S/c1-3-32-23-12-18(7-11-22(23)33-15-17-5-9-20(28)10-6-17)13-24-25(31)30-26(34-24)29-21-14-19(27)8-4-16(21)2/h4-14,26,29H,3,15H2,1-2H3,(H,30,31)/b24-13-. The second-order valence-corrected chi connectivity index (χ2v) is 9.22. The number of amides is 1. The van der Waals surface area contributed by atoms with Crippen molar-refractivity contribution >= 4 is 41.0 Å². The molecule has 3 aromatic carbocycles. The van der Waals surface area contributed by atoms with E-state index < -0.39 is 0 Å². The summed E-state index contributed by atoms with van der Waals surface area (Å²) in [6, 6.07) is 17.3. The lowest BCUT2D eigenvalue weighted by Crippen LogP contribution is -2.31. The Balaban J connectivity index is 1.47. The molecule has 0 radical (unpaired) electrons. The normalized spacial score (nSPS) is 16.4. The summed E-state index contributed by atoms with van der Waals surface area (Å²) in [4.78, 5) is 13.1. The van der Waals surface area contributed by atoms with E-state index in [4.69, 9.17) is 21.1 Å². The number of rotatable bonds is 8. The van der Waals surface area contributed by atoms with Crippen LogP contribution >= 0.6 is 23.4 Å². The van der Waals surface area contributed by atoms with Gasteiger partial charge in [-0.2, -0.15) is 0 Å². The third kappa shape index (κ3) is 6.04. The van der Waals surface area contributed by atoms with Gasteiger partial charge < -0.3 is 20.1 Å². The van der Waals surface area contributed by atoms with E-state index in [1.54, 1.807) is 12.1 Å². The number of carbonyl (C=O) groups is 1. The Morgan fingerprint density at radius 1 is 1.09 bits per heavy atom. The number of aryl methyl sites for hydroxylation is 1. The summed E-state index contributed by atoms with van der Waals surface area (Å²) in [5, 5.41) is 6.87. The van der Waals surface area contributed by atoms with Crippen molar-refractivity contribution in [3.63, 3.8) is 0 Å². The number of ether oxygens (including phenoxy) is 2. The first-order chi connectivity index (χ1) is 16.4. The highest BCUT2D eigenvalue weighted by Gasteiger charge is 2.27. The van der Waals surface area contributed by atoms with E-state index >= 15 is 0 Å². The van der Waals surface area contributed by atoms with Gasteiger partial charge in [-0.15, -0.1) is 0 Å². The first-order valence-corrected chi connectivity index (χ1v) is 12.0. The summed E-state index contributed by atoms with van der Waals surface area (Å²) in [7, 11) is 0. The molecule has 5 nitrogen and oxygen atoms in total. The van der Waals surface area contributed by atoms with E-state index in [0.717, 1.165) is 22.4 Å². The van der Waals surface area contributed by atoms with E-state index in [2.05, 4.69) is 10.6 Å². The first kappa shape index (κ1) is 24.0. The number of halogens is 2. The molecule has 176 valence electrons. The van der Waals surface area contributed by atoms with Crippen LogP contribution in [0.25, 0.3) is 6.08 Å². The minimum atomic E-state index is -0.305. The molecule has 0 aliphatic carbocycles. The summed E-state index contributed by atoms with van der Waals surface area (Å²) in [6.45, 7) is 4.62. The minimum Gasteiger partial charge on any atom is -0.490 e. The second kappa shape index (κ2) is 10.8. The molecule has 1 atom stereocenters. The molecule has 1 fully saturated rings. The molecular weight excluding hydrogens is 475 g/mol. The van der Waals surface area contributed by atoms with Crippen LogP contribution in [0.15, 0.2) is 65.6 Å². The van der Waals surface area contributed by atoms with Gasteiger partial charge in [0.15, 0.2) is 17.0 Å². The van der Waals surface area contributed by atoms with Gasteiger partial charge in [0.05, 0.1) is 11.5 Å². The number of anilines is 1. The van der Waals surface area contributed by atoms with Gasteiger partial charge in [-0.25, -0.2) is 4.39 Å². The molecule has 1 heterocycles. The van der Waals surface area contributed by atoms with Crippen molar-refractivity contribution in [1.29, 1.82) is 0 Å². The average Bonchev–Trinajstić information content (AvgIpc) is 3.15. The van der Waals surface area contributed by atoms with Crippen LogP contribution in [0.4, 0.5) is 10.1 Å². The summed E-state index contributed by atoms with van der Waals surface area (Å²) >= 11 is 7.50. The molecule has 1 saturated heterocycles. The molecule has 8 heteroatoms. The van der Waals surface area contributed by atoms with E-state index in [9.17, 15) is 9.18 Å². The molecule has 1 unspecified atom stereocenters. The Hall–Kier alpha value is -3.16. The third-order valence-electron chi connectivity index (χ3n) is 5.09. The number of nitrogens with one attached hydrogen (secondary N) is 2. The van der Waals surface area contributed by atoms with Crippen LogP contribution in [0.3, 0.4) is 0 Å². The highest BCUT2D eigenvalue weighted by molar-refractivity contribution is 8.05. The number of benzene rings is 3. The molecule has 0 saturated carbocycles. The van der Waals surface area contributed by atoms with Gasteiger partial charge in [-0.1, -0.05) is 47.6 Å². The van der Waals surface area contributed by atoms with Gasteiger partial charge in [0.1, 0.15) is 12.4 Å². The molecule has 1 aliphatic rings. The first-order valence-electron chi connectivity index (χ1n) is 10.8. The minimum absolute atomic E-state index is 0.156. The zero-order valence-electron chi connectivity index (χ0n) is 18.7. The molecule has 0 spiro atoms. The largest absolute Gasteiger partial charge is 0.490 e. The number of thioether (sulfide) groups is 1. The molecule has 1 amide bonds. The number of carbonyl (C=O) groups excluding carboxylic acids is 1. The molecule has 1 aliphatic heterocycles. The Morgan fingerprint density at radius 3 is 2.65 bits per heavy atom. The van der Waals surface area contributed by atoms with Crippen LogP contribution in [-0.4, -0.2) is 18.0 Å². The lowest BCUT2D eigenvalue weighted by molar-refractivity contribution is -0.116. The maximum Gasteiger partial charge on any atom is 0.260 e. The zero-order valence-corrected chi connectivity index (χ0v) is 20.3. The predicted octanol–water partition coefficient (Wildman–Crippen LogP) is 6.36. The summed E-state index contributed by atoms with van der Waals surface area (Å²) in [6.07, 6.45) is 1.82. The quantitative estimate of drug-likeness (QED) is 0.354. The highest BCUT2D eigenvalue weighted by atomic mass is 35.5. The Kier molecular flexibility index (Phi) is 7.65. The van der Waals surface area contributed by atoms with Crippen molar-refractivity contribution < 1.29 is 18.7 Å². The van der Waals surface area contributed by atoms with Crippen LogP contribution in [0, 0.1) is 12.7 Å². The Morgan fingerprint density at radius 2 is 1.88 bits per heavy atom. The molecule has 0 bridgehead atoms. The van der Waals surface area contributed by atoms with Crippen molar-refractivity contribution in [2.75, 3.05) is 11.9 Å². The fourth-order valence-corrected chi connectivity index (χ4v) is 4.50. The fraction of sp³-hybridized carbons (Fsp3) is 0.192. The lowest BCUT2D eigenvalue weighted by atomic mass is 10.2. The molecule has 2 N–H and O–H groups in total. The fourth-order valence-electron chi connectivity index (χ4n) is 3.35. The van der Waals surface area contributed by atoms with E-state index in [1.165, 1.54) is 23.9 Å².